The van der Waals surface area contributed by atoms with Crippen LogP contribution in [0, 0.1) is 12.8 Å². The van der Waals surface area contributed by atoms with Gasteiger partial charge in [0.25, 0.3) is 0 Å². The van der Waals surface area contributed by atoms with Crippen LogP contribution in [-0.2, 0) is 29.2 Å². The molecule has 2 aromatic rings. The lowest BCUT2D eigenvalue weighted by Gasteiger charge is -2.17. The van der Waals surface area contributed by atoms with Crippen LogP contribution in [0.25, 0.3) is 0 Å². The first-order valence-corrected chi connectivity index (χ1v) is 9.04. The lowest BCUT2D eigenvalue weighted by Crippen LogP contribution is -2.33. The number of aryl methyl sites for hydroxylation is 2. The van der Waals surface area contributed by atoms with E-state index in [0.717, 1.165) is 24.4 Å². The molecule has 1 saturated heterocycles. The zero-order chi connectivity index (χ0) is 18.5. The van der Waals surface area contributed by atoms with Crippen LogP contribution in [0.5, 0.6) is 0 Å². The molecule has 3 rings (SSSR count). The second kappa shape index (κ2) is 8.12. The van der Waals surface area contributed by atoms with Crippen molar-refractivity contribution in [3.8, 4) is 0 Å². The van der Waals surface area contributed by atoms with Gasteiger partial charge in [0.15, 0.2) is 5.82 Å². The topological polar surface area (TPSA) is 80.1 Å². The first-order valence-electron chi connectivity index (χ1n) is 9.04. The van der Waals surface area contributed by atoms with Gasteiger partial charge in [0.2, 0.25) is 11.8 Å². The molecule has 2 heterocycles. The highest BCUT2D eigenvalue weighted by Gasteiger charge is 2.34. The molecule has 1 fully saturated rings. The molecule has 26 heavy (non-hydrogen) atoms. The third-order valence-electron chi connectivity index (χ3n) is 4.66. The Morgan fingerprint density at radius 3 is 2.81 bits per heavy atom. The van der Waals surface area contributed by atoms with Crippen molar-refractivity contribution in [2.45, 2.75) is 46.3 Å². The highest BCUT2D eigenvalue weighted by atomic mass is 16.2. The first kappa shape index (κ1) is 18.1. The van der Waals surface area contributed by atoms with Crippen LogP contribution in [0.4, 0.5) is 0 Å². The molecule has 0 aliphatic carbocycles. The third kappa shape index (κ3) is 4.28. The fourth-order valence-electron chi connectivity index (χ4n) is 3.17. The summed E-state index contributed by atoms with van der Waals surface area (Å²) in [5.74, 6) is 0.354. The number of likely N-dealkylation sites (tertiary alicyclic amines) is 1. The van der Waals surface area contributed by atoms with Gasteiger partial charge in [-0.25, -0.2) is 0 Å². The second-order valence-electron chi connectivity index (χ2n) is 6.82. The van der Waals surface area contributed by atoms with Crippen LogP contribution in [0.15, 0.2) is 30.6 Å². The van der Waals surface area contributed by atoms with Crippen LogP contribution in [0.1, 0.15) is 36.7 Å². The standard InChI is InChI=1S/C19H25N5O2/c1-3-8-23-13-21-22-17(23)10-20-19(26)16-9-18(25)24(12-16)11-15-6-4-14(2)5-7-15/h4-7,13,16H,3,8-12H2,1-2H3,(H,20,26)/t16-/m1/s1. The first-order chi connectivity index (χ1) is 12.6. The molecule has 2 amide bonds. The smallest absolute Gasteiger partial charge is 0.225 e. The number of amides is 2. The number of nitrogens with zero attached hydrogens (tertiary/aromatic N) is 4. The molecule has 1 N–H and O–H groups in total. The molecule has 1 aliphatic heterocycles. The quantitative estimate of drug-likeness (QED) is 0.819. The molecule has 0 bridgehead atoms. The molecule has 0 radical (unpaired) electrons. The maximum Gasteiger partial charge on any atom is 0.225 e. The van der Waals surface area contributed by atoms with Gasteiger partial charge in [-0.1, -0.05) is 36.8 Å². The average molecular weight is 355 g/mol. The van der Waals surface area contributed by atoms with E-state index in [9.17, 15) is 9.59 Å². The lowest BCUT2D eigenvalue weighted by molar-refractivity contribution is -0.129. The Morgan fingerprint density at radius 1 is 1.31 bits per heavy atom. The van der Waals surface area contributed by atoms with Crippen LogP contribution < -0.4 is 5.32 Å². The summed E-state index contributed by atoms with van der Waals surface area (Å²) in [6.45, 7) is 6.28. The predicted molar refractivity (Wildman–Crippen MR) is 96.9 cm³/mol. The summed E-state index contributed by atoms with van der Waals surface area (Å²) in [5.41, 5.74) is 2.27. The minimum Gasteiger partial charge on any atom is -0.348 e. The SMILES string of the molecule is CCCn1cnnc1CNC(=O)[C@@H]1CC(=O)N(Cc2ccc(C)cc2)C1. The molecule has 1 aromatic heterocycles. The summed E-state index contributed by atoms with van der Waals surface area (Å²) >= 11 is 0. The third-order valence-corrected chi connectivity index (χ3v) is 4.66. The molecular formula is C19H25N5O2. The average Bonchev–Trinajstić information content (AvgIpc) is 3.22. The number of nitrogens with one attached hydrogen (secondary N) is 1. The molecular weight excluding hydrogens is 330 g/mol. The van der Waals surface area contributed by atoms with E-state index < -0.39 is 0 Å². The summed E-state index contributed by atoms with van der Waals surface area (Å²) in [7, 11) is 0. The number of carbonyl (C=O) groups is 2. The Bertz CT molecular complexity index is 768. The van der Waals surface area contributed by atoms with Crippen molar-refractivity contribution in [1.82, 2.24) is 25.0 Å². The van der Waals surface area contributed by atoms with Crippen molar-refractivity contribution >= 4 is 11.8 Å². The van der Waals surface area contributed by atoms with Gasteiger partial charge in [-0.05, 0) is 18.9 Å². The number of hydrogen-bond donors (Lipinski definition) is 1. The fourth-order valence-corrected chi connectivity index (χ4v) is 3.17. The Labute approximate surface area is 153 Å². The van der Waals surface area contributed by atoms with E-state index in [1.165, 1.54) is 5.56 Å². The highest BCUT2D eigenvalue weighted by molar-refractivity contribution is 5.89. The largest absolute Gasteiger partial charge is 0.348 e. The van der Waals surface area contributed by atoms with E-state index in [4.69, 9.17) is 0 Å². The molecule has 138 valence electrons. The molecule has 0 unspecified atom stereocenters. The summed E-state index contributed by atoms with van der Waals surface area (Å²) in [6.07, 6.45) is 2.91. The maximum absolute atomic E-state index is 12.5. The van der Waals surface area contributed by atoms with E-state index in [1.54, 1.807) is 11.2 Å². The summed E-state index contributed by atoms with van der Waals surface area (Å²) in [5, 5.41) is 10.8. The molecule has 1 atom stereocenters. The van der Waals surface area contributed by atoms with Gasteiger partial charge in [0, 0.05) is 26.1 Å². The Balaban J connectivity index is 1.53. The molecule has 1 aromatic carbocycles. The Kier molecular flexibility index (Phi) is 5.65. The summed E-state index contributed by atoms with van der Waals surface area (Å²) < 4.78 is 1.93. The van der Waals surface area contributed by atoms with E-state index in [-0.39, 0.29) is 24.2 Å². The van der Waals surface area contributed by atoms with E-state index in [0.29, 0.717) is 19.6 Å². The van der Waals surface area contributed by atoms with Crippen LogP contribution in [0.2, 0.25) is 0 Å². The van der Waals surface area contributed by atoms with Gasteiger partial charge in [0.1, 0.15) is 6.33 Å². The maximum atomic E-state index is 12.5. The number of aromatic nitrogens is 3. The van der Waals surface area contributed by atoms with Crippen molar-refractivity contribution in [2.75, 3.05) is 6.54 Å². The monoisotopic (exact) mass is 355 g/mol. The summed E-state index contributed by atoms with van der Waals surface area (Å²) in [4.78, 5) is 26.5. The van der Waals surface area contributed by atoms with Gasteiger partial charge in [0.05, 0.1) is 12.5 Å². The van der Waals surface area contributed by atoms with Crippen molar-refractivity contribution < 1.29 is 9.59 Å². The van der Waals surface area contributed by atoms with Crippen molar-refractivity contribution in [1.29, 1.82) is 0 Å². The van der Waals surface area contributed by atoms with Crippen LogP contribution in [0.3, 0.4) is 0 Å². The zero-order valence-corrected chi connectivity index (χ0v) is 15.3. The predicted octanol–water partition coefficient (Wildman–Crippen LogP) is 1.66. The molecule has 1 aliphatic rings. The van der Waals surface area contributed by atoms with Gasteiger partial charge in [-0.15, -0.1) is 10.2 Å². The van der Waals surface area contributed by atoms with Crippen molar-refractivity contribution in [3.63, 3.8) is 0 Å². The lowest BCUT2D eigenvalue weighted by atomic mass is 10.1. The number of carbonyl (C=O) groups excluding carboxylic acids is 2. The zero-order valence-electron chi connectivity index (χ0n) is 15.3. The van der Waals surface area contributed by atoms with Gasteiger partial charge < -0.3 is 14.8 Å². The normalized spacial score (nSPS) is 16.9. The van der Waals surface area contributed by atoms with E-state index >= 15 is 0 Å². The number of rotatable bonds is 7. The molecule has 0 saturated carbocycles. The number of benzene rings is 1. The molecule has 7 heteroatoms. The minimum absolute atomic E-state index is 0.0277. The minimum atomic E-state index is -0.310. The molecule has 7 nitrogen and oxygen atoms in total. The van der Waals surface area contributed by atoms with Crippen LogP contribution in [-0.4, -0.2) is 38.0 Å². The van der Waals surface area contributed by atoms with Gasteiger partial charge in [-0.2, -0.15) is 0 Å². The highest BCUT2D eigenvalue weighted by Crippen LogP contribution is 2.20. The van der Waals surface area contributed by atoms with Crippen molar-refractivity contribution in [3.05, 3.63) is 47.5 Å². The summed E-state index contributed by atoms with van der Waals surface area (Å²) in [6, 6.07) is 8.12. The molecule has 0 spiro atoms. The Morgan fingerprint density at radius 2 is 2.08 bits per heavy atom. The van der Waals surface area contributed by atoms with E-state index in [1.807, 2.05) is 35.8 Å². The van der Waals surface area contributed by atoms with Crippen LogP contribution >= 0.6 is 0 Å². The van der Waals surface area contributed by atoms with Gasteiger partial charge >= 0.3 is 0 Å². The van der Waals surface area contributed by atoms with Crippen molar-refractivity contribution in [2.24, 2.45) is 5.92 Å². The van der Waals surface area contributed by atoms with E-state index in [2.05, 4.69) is 22.4 Å². The Hall–Kier alpha value is -2.70. The van der Waals surface area contributed by atoms with Gasteiger partial charge in [-0.3, -0.25) is 9.59 Å². The second-order valence-corrected chi connectivity index (χ2v) is 6.82. The number of hydrogen-bond acceptors (Lipinski definition) is 4. The fraction of sp³-hybridized carbons (Fsp3) is 0.474.